The molecule has 0 aromatic heterocycles. The minimum Gasteiger partial charge on any atom is -0.379 e. The minimum atomic E-state index is 0. The fraction of sp³-hybridized carbons (Fsp3) is 0.562. The highest BCUT2D eigenvalue weighted by molar-refractivity contribution is 14.0. The smallest absolute Gasteiger partial charge is 0.193 e. The van der Waals surface area contributed by atoms with Gasteiger partial charge in [0.25, 0.3) is 0 Å². The number of nitrogens with one attached hydrogen (secondary N) is 1. The number of halogens is 1. The van der Waals surface area contributed by atoms with Gasteiger partial charge in [-0.1, -0.05) is 19.1 Å². The van der Waals surface area contributed by atoms with Gasteiger partial charge in [-0.25, -0.2) is 0 Å². The third-order valence-corrected chi connectivity index (χ3v) is 3.54. The van der Waals surface area contributed by atoms with Gasteiger partial charge < -0.3 is 15.8 Å². The van der Waals surface area contributed by atoms with E-state index in [4.69, 9.17) is 10.5 Å². The number of anilines is 1. The molecular weight excluding hydrogens is 391 g/mol. The van der Waals surface area contributed by atoms with E-state index in [-0.39, 0.29) is 24.0 Å². The first-order valence-corrected chi connectivity index (χ1v) is 7.57. The molecule has 0 saturated carbocycles. The van der Waals surface area contributed by atoms with Crippen LogP contribution in [-0.4, -0.2) is 50.3 Å². The summed E-state index contributed by atoms with van der Waals surface area (Å²) in [6.45, 7) is 9.77. The first-order valence-electron chi connectivity index (χ1n) is 7.57. The molecule has 1 aliphatic rings. The van der Waals surface area contributed by atoms with E-state index in [1.807, 2.05) is 12.1 Å². The van der Waals surface area contributed by atoms with Crippen LogP contribution in [0.3, 0.4) is 0 Å². The lowest BCUT2D eigenvalue weighted by molar-refractivity contribution is 0.0323. The predicted molar refractivity (Wildman–Crippen MR) is 103 cm³/mol. The maximum Gasteiger partial charge on any atom is 0.193 e. The van der Waals surface area contributed by atoms with Gasteiger partial charge in [-0.15, -0.1) is 24.0 Å². The maximum absolute atomic E-state index is 5.94. The fourth-order valence-corrected chi connectivity index (χ4v) is 2.45. The van der Waals surface area contributed by atoms with E-state index in [0.717, 1.165) is 45.1 Å². The Labute approximate surface area is 150 Å². The second-order valence-electron chi connectivity index (χ2n) is 5.74. The van der Waals surface area contributed by atoms with Crippen LogP contribution in [0.2, 0.25) is 0 Å². The molecule has 0 bridgehead atoms. The predicted octanol–water partition coefficient (Wildman–Crippen LogP) is 2.31. The van der Waals surface area contributed by atoms with E-state index < -0.39 is 0 Å². The zero-order valence-electron chi connectivity index (χ0n) is 13.4. The number of hydrogen-bond acceptors (Lipinski definition) is 3. The molecular formula is C16H27IN4O. The molecule has 6 heteroatoms. The summed E-state index contributed by atoms with van der Waals surface area (Å²) >= 11 is 0. The zero-order valence-corrected chi connectivity index (χ0v) is 15.7. The molecule has 5 nitrogen and oxygen atoms in total. The van der Waals surface area contributed by atoms with Gasteiger partial charge in [0.1, 0.15) is 0 Å². The van der Waals surface area contributed by atoms with Crippen LogP contribution < -0.4 is 11.1 Å². The van der Waals surface area contributed by atoms with Crippen molar-refractivity contribution in [1.29, 1.82) is 0 Å². The van der Waals surface area contributed by atoms with Crippen molar-refractivity contribution < 1.29 is 4.74 Å². The SMILES string of the molecule is Cc1cccc(NC(N)=NCC(C)CN2CCOCC2)c1.I. The van der Waals surface area contributed by atoms with E-state index in [2.05, 4.69) is 41.2 Å². The molecule has 1 unspecified atom stereocenters. The Bertz CT molecular complexity index is 475. The van der Waals surface area contributed by atoms with Crippen molar-refractivity contribution in [3.05, 3.63) is 29.8 Å². The number of ether oxygens (including phenoxy) is 1. The van der Waals surface area contributed by atoms with E-state index in [0.29, 0.717) is 11.9 Å². The summed E-state index contributed by atoms with van der Waals surface area (Å²) in [6, 6.07) is 8.11. The lowest BCUT2D eigenvalue weighted by Gasteiger charge is -2.28. The van der Waals surface area contributed by atoms with Crippen molar-refractivity contribution in [3.63, 3.8) is 0 Å². The Morgan fingerprint density at radius 2 is 2.14 bits per heavy atom. The summed E-state index contributed by atoms with van der Waals surface area (Å²) in [7, 11) is 0. The fourth-order valence-electron chi connectivity index (χ4n) is 2.45. The van der Waals surface area contributed by atoms with Crippen molar-refractivity contribution in [3.8, 4) is 0 Å². The topological polar surface area (TPSA) is 62.9 Å². The summed E-state index contributed by atoms with van der Waals surface area (Å²) in [5.74, 6) is 0.968. The standard InChI is InChI=1S/C16H26N4O.HI/c1-13-4-3-5-15(10-13)19-16(17)18-11-14(2)12-20-6-8-21-9-7-20;/h3-5,10,14H,6-9,11-12H2,1-2H3,(H3,17,18,19);1H. The van der Waals surface area contributed by atoms with Crippen LogP contribution in [0.4, 0.5) is 5.69 Å². The van der Waals surface area contributed by atoms with Crippen molar-refractivity contribution in [2.24, 2.45) is 16.6 Å². The summed E-state index contributed by atoms with van der Waals surface area (Å²) in [4.78, 5) is 6.86. The Balaban J connectivity index is 0.00000242. The number of rotatable bonds is 5. The Kier molecular flexibility index (Phi) is 8.74. The molecule has 0 radical (unpaired) electrons. The number of morpholine rings is 1. The van der Waals surface area contributed by atoms with Crippen LogP contribution in [0.5, 0.6) is 0 Å². The Morgan fingerprint density at radius 3 is 2.82 bits per heavy atom. The summed E-state index contributed by atoms with van der Waals surface area (Å²) in [5.41, 5.74) is 8.13. The van der Waals surface area contributed by atoms with Crippen molar-refractivity contribution in [2.75, 3.05) is 44.7 Å². The molecule has 0 amide bonds. The van der Waals surface area contributed by atoms with Crippen LogP contribution >= 0.6 is 24.0 Å². The average Bonchev–Trinajstić information content (AvgIpc) is 2.46. The molecule has 1 fully saturated rings. The highest BCUT2D eigenvalue weighted by Gasteiger charge is 2.13. The van der Waals surface area contributed by atoms with Crippen molar-refractivity contribution in [2.45, 2.75) is 13.8 Å². The molecule has 124 valence electrons. The molecule has 1 atom stereocenters. The highest BCUT2D eigenvalue weighted by atomic mass is 127. The van der Waals surface area contributed by atoms with Crippen LogP contribution in [0.25, 0.3) is 0 Å². The summed E-state index contributed by atoms with van der Waals surface area (Å²) in [5, 5.41) is 3.14. The number of benzene rings is 1. The first-order chi connectivity index (χ1) is 10.1. The van der Waals surface area contributed by atoms with Gasteiger partial charge in [-0.2, -0.15) is 0 Å². The maximum atomic E-state index is 5.94. The van der Waals surface area contributed by atoms with Gasteiger partial charge >= 0.3 is 0 Å². The van der Waals surface area contributed by atoms with Gasteiger partial charge in [-0.3, -0.25) is 9.89 Å². The molecule has 1 aliphatic heterocycles. The van der Waals surface area contributed by atoms with E-state index in [1.54, 1.807) is 0 Å². The third kappa shape index (κ3) is 6.93. The molecule has 0 aliphatic carbocycles. The van der Waals surface area contributed by atoms with E-state index >= 15 is 0 Å². The molecule has 1 aromatic carbocycles. The van der Waals surface area contributed by atoms with Gasteiger partial charge in [0.2, 0.25) is 0 Å². The van der Waals surface area contributed by atoms with Crippen molar-refractivity contribution >= 4 is 35.6 Å². The zero-order chi connectivity index (χ0) is 15.1. The molecule has 1 aromatic rings. The summed E-state index contributed by atoms with van der Waals surface area (Å²) < 4.78 is 5.36. The Morgan fingerprint density at radius 1 is 1.41 bits per heavy atom. The highest BCUT2D eigenvalue weighted by Crippen LogP contribution is 2.09. The second kappa shape index (κ2) is 10.0. The van der Waals surface area contributed by atoms with Crippen LogP contribution in [0.1, 0.15) is 12.5 Å². The average molecular weight is 418 g/mol. The molecule has 1 saturated heterocycles. The van der Waals surface area contributed by atoms with Gasteiger partial charge in [0.15, 0.2) is 5.96 Å². The van der Waals surface area contributed by atoms with Gasteiger partial charge in [-0.05, 0) is 30.5 Å². The molecule has 22 heavy (non-hydrogen) atoms. The number of guanidine groups is 1. The number of nitrogens with two attached hydrogens (primary N) is 1. The van der Waals surface area contributed by atoms with Gasteiger partial charge in [0.05, 0.1) is 13.2 Å². The van der Waals surface area contributed by atoms with Crippen LogP contribution in [0.15, 0.2) is 29.3 Å². The quantitative estimate of drug-likeness (QED) is 0.438. The van der Waals surface area contributed by atoms with E-state index in [1.165, 1.54) is 5.56 Å². The minimum absolute atomic E-state index is 0. The largest absolute Gasteiger partial charge is 0.379 e. The lowest BCUT2D eigenvalue weighted by Crippen LogP contribution is -2.39. The first kappa shape index (κ1) is 19.2. The van der Waals surface area contributed by atoms with Gasteiger partial charge in [0, 0.05) is 31.9 Å². The van der Waals surface area contributed by atoms with Crippen LogP contribution in [-0.2, 0) is 4.74 Å². The summed E-state index contributed by atoms with van der Waals surface area (Å²) in [6.07, 6.45) is 0. The number of nitrogens with zero attached hydrogens (tertiary/aromatic N) is 2. The molecule has 2 rings (SSSR count). The normalized spacial score (nSPS) is 17.6. The Hall–Kier alpha value is -0.860. The number of aryl methyl sites for hydroxylation is 1. The molecule has 3 N–H and O–H groups in total. The van der Waals surface area contributed by atoms with Crippen molar-refractivity contribution in [1.82, 2.24) is 4.90 Å². The number of aliphatic imine (C=N–C) groups is 1. The third-order valence-electron chi connectivity index (χ3n) is 3.54. The molecule has 0 spiro atoms. The van der Waals surface area contributed by atoms with Crippen LogP contribution in [0, 0.1) is 12.8 Å². The molecule has 1 heterocycles. The lowest BCUT2D eigenvalue weighted by atomic mass is 10.1. The second-order valence-corrected chi connectivity index (χ2v) is 5.74. The number of hydrogen-bond donors (Lipinski definition) is 2. The monoisotopic (exact) mass is 418 g/mol. The van der Waals surface area contributed by atoms with E-state index in [9.17, 15) is 0 Å².